The van der Waals surface area contributed by atoms with Gasteiger partial charge in [0.2, 0.25) is 5.60 Å². The maximum absolute atomic E-state index is 12.9. The van der Waals surface area contributed by atoms with E-state index in [-0.39, 0.29) is 31.0 Å². The summed E-state index contributed by atoms with van der Waals surface area (Å²) >= 11 is 0. The number of piperidine rings is 1. The zero-order valence-corrected chi connectivity index (χ0v) is 15.8. The monoisotopic (exact) mass is 397 g/mol. The molecular weight excluding hydrogens is 375 g/mol. The molecule has 1 fully saturated rings. The minimum Gasteiger partial charge on any atom is -0.373 e. The van der Waals surface area contributed by atoms with Crippen molar-refractivity contribution in [3.05, 3.63) is 35.4 Å². The summed E-state index contributed by atoms with van der Waals surface area (Å²) in [7, 11) is 1.60. The molecule has 0 spiro atoms. The van der Waals surface area contributed by atoms with E-state index in [9.17, 15) is 27.9 Å². The highest BCUT2D eigenvalue weighted by Crippen LogP contribution is 2.33. The van der Waals surface area contributed by atoms with Gasteiger partial charge in [0, 0.05) is 31.7 Å². The van der Waals surface area contributed by atoms with Gasteiger partial charge in [-0.3, -0.25) is 9.59 Å². The van der Waals surface area contributed by atoms with Crippen LogP contribution in [0.1, 0.15) is 36.2 Å². The van der Waals surface area contributed by atoms with Gasteiger partial charge in [0.25, 0.3) is 11.8 Å². The van der Waals surface area contributed by atoms with Gasteiger partial charge in [-0.15, -0.1) is 0 Å². The van der Waals surface area contributed by atoms with Crippen LogP contribution < -0.4 is 0 Å². The number of nitriles is 1. The van der Waals surface area contributed by atoms with Crippen LogP contribution >= 0.6 is 0 Å². The second kappa shape index (κ2) is 7.80. The number of nitrogens with zero attached hydrogens (tertiary/aromatic N) is 3. The second-order valence-electron chi connectivity index (χ2n) is 7.26. The Kier molecular flexibility index (Phi) is 6.04. The van der Waals surface area contributed by atoms with E-state index in [0.717, 1.165) is 4.90 Å². The minimum absolute atomic E-state index is 0.000715. The molecule has 1 aromatic carbocycles. The minimum atomic E-state index is -5.06. The van der Waals surface area contributed by atoms with E-state index < -0.39 is 17.7 Å². The Labute approximate surface area is 161 Å². The largest absolute Gasteiger partial charge is 0.426 e. The second-order valence-corrected chi connectivity index (χ2v) is 7.26. The van der Waals surface area contributed by atoms with Crippen molar-refractivity contribution in [3.8, 4) is 6.07 Å². The fraction of sp³-hybridized carbons (Fsp3) is 0.526. The molecule has 1 aliphatic heterocycles. The van der Waals surface area contributed by atoms with Gasteiger partial charge in [0.05, 0.1) is 11.6 Å². The third kappa shape index (κ3) is 4.12. The van der Waals surface area contributed by atoms with Gasteiger partial charge in [-0.25, -0.2) is 0 Å². The Morgan fingerprint density at radius 2 is 1.86 bits per heavy atom. The number of hydrogen-bond acceptors (Lipinski definition) is 4. The standard InChI is InChI=1S/C19H22F3N3O3/c1-12-11-25(17(27)18(2,28)19(20,21)22)9-8-15(12)24(3)16(26)14-6-4-13(10-23)5-7-14/h4-7,12,15,28H,8-9,11H2,1-3H3/t12-,15+,18-/m1/s1. The summed E-state index contributed by atoms with van der Waals surface area (Å²) < 4.78 is 38.8. The first kappa shape index (κ1) is 21.7. The third-order valence-electron chi connectivity index (χ3n) is 5.19. The molecule has 2 amide bonds. The number of carbonyl (C=O) groups is 2. The number of hydrogen-bond donors (Lipinski definition) is 1. The molecule has 3 atom stereocenters. The Bertz CT molecular complexity index is 784. The molecule has 2 rings (SSSR count). The van der Waals surface area contributed by atoms with E-state index in [1.165, 1.54) is 17.0 Å². The summed E-state index contributed by atoms with van der Waals surface area (Å²) in [5, 5.41) is 18.4. The van der Waals surface area contributed by atoms with Gasteiger partial charge in [0.15, 0.2) is 0 Å². The predicted molar refractivity (Wildman–Crippen MR) is 94.1 cm³/mol. The highest BCUT2D eigenvalue weighted by Gasteiger charge is 2.57. The Hall–Kier alpha value is -2.60. The summed E-state index contributed by atoms with van der Waals surface area (Å²) in [4.78, 5) is 27.3. The summed E-state index contributed by atoms with van der Waals surface area (Å²) in [6.07, 6.45) is -4.77. The molecule has 0 radical (unpaired) electrons. The number of halogens is 3. The summed E-state index contributed by atoms with van der Waals surface area (Å²) in [6.45, 7) is 2.20. The molecule has 1 aromatic rings. The molecule has 1 N–H and O–H groups in total. The van der Waals surface area contributed by atoms with Crippen molar-refractivity contribution >= 4 is 11.8 Å². The molecule has 28 heavy (non-hydrogen) atoms. The van der Waals surface area contributed by atoms with Crippen molar-refractivity contribution < 1.29 is 27.9 Å². The molecule has 1 saturated heterocycles. The third-order valence-corrected chi connectivity index (χ3v) is 5.19. The van der Waals surface area contributed by atoms with Crippen LogP contribution in [0.15, 0.2) is 24.3 Å². The summed E-state index contributed by atoms with van der Waals surface area (Å²) in [5.74, 6) is -1.94. The molecule has 9 heteroatoms. The van der Waals surface area contributed by atoms with E-state index in [1.807, 2.05) is 6.07 Å². The first-order valence-corrected chi connectivity index (χ1v) is 8.76. The van der Waals surface area contributed by atoms with Crippen LogP contribution in [0.25, 0.3) is 0 Å². The van der Waals surface area contributed by atoms with Gasteiger partial charge >= 0.3 is 6.18 Å². The van der Waals surface area contributed by atoms with Crippen molar-refractivity contribution in [2.45, 2.75) is 38.1 Å². The Morgan fingerprint density at radius 1 is 1.29 bits per heavy atom. The van der Waals surface area contributed by atoms with Crippen molar-refractivity contribution in [1.82, 2.24) is 9.80 Å². The molecule has 0 aromatic heterocycles. The number of aliphatic hydroxyl groups is 1. The molecule has 0 saturated carbocycles. The molecule has 1 heterocycles. The maximum Gasteiger partial charge on any atom is 0.426 e. The lowest BCUT2D eigenvalue weighted by Crippen LogP contribution is -2.60. The van der Waals surface area contributed by atoms with E-state index in [1.54, 1.807) is 26.1 Å². The Balaban J connectivity index is 2.07. The predicted octanol–water partition coefficient (Wildman–Crippen LogP) is 2.18. The summed E-state index contributed by atoms with van der Waals surface area (Å²) in [5.41, 5.74) is -2.62. The summed E-state index contributed by atoms with van der Waals surface area (Å²) in [6, 6.07) is 7.84. The first-order chi connectivity index (χ1) is 12.9. The fourth-order valence-corrected chi connectivity index (χ4v) is 3.36. The average molecular weight is 397 g/mol. The maximum atomic E-state index is 12.9. The van der Waals surface area contributed by atoms with Gasteiger partial charge in [-0.05, 0) is 43.5 Å². The van der Waals surface area contributed by atoms with Gasteiger partial charge in [-0.2, -0.15) is 18.4 Å². The molecular formula is C19H22F3N3O3. The SMILES string of the molecule is C[C@@H]1CN(C(=O)[C@@](C)(O)C(F)(F)F)CC[C@@H]1N(C)C(=O)c1ccc(C#N)cc1. The lowest BCUT2D eigenvalue weighted by atomic mass is 9.90. The van der Waals surface area contributed by atoms with Crippen LogP contribution in [-0.2, 0) is 4.79 Å². The smallest absolute Gasteiger partial charge is 0.373 e. The molecule has 6 nitrogen and oxygen atoms in total. The van der Waals surface area contributed by atoms with Crippen molar-refractivity contribution in [3.63, 3.8) is 0 Å². The number of rotatable bonds is 3. The van der Waals surface area contributed by atoms with Crippen molar-refractivity contribution in [1.29, 1.82) is 5.26 Å². The lowest BCUT2D eigenvalue weighted by Gasteiger charge is -2.43. The van der Waals surface area contributed by atoms with E-state index in [4.69, 9.17) is 5.26 Å². The van der Waals surface area contributed by atoms with E-state index in [2.05, 4.69) is 0 Å². The number of benzene rings is 1. The first-order valence-electron chi connectivity index (χ1n) is 8.76. The van der Waals surface area contributed by atoms with Crippen LogP contribution in [0.2, 0.25) is 0 Å². The van der Waals surface area contributed by atoms with Gasteiger partial charge < -0.3 is 14.9 Å². The number of likely N-dealkylation sites (tertiary alicyclic amines) is 1. The van der Waals surface area contributed by atoms with Gasteiger partial charge in [0.1, 0.15) is 0 Å². The molecule has 1 aliphatic rings. The highest BCUT2D eigenvalue weighted by atomic mass is 19.4. The van der Waals surface area contributed by atoms with Crippen molar-refractivity contribution in [2.75, 3.05) is 20.1 Å². The number of carbonyl (C=O) groups excluding carboxylic acids is 2. The molecule has 0 unspecified atom stereocenters. The molecule has 0 bridgehead atoms. The fourth-order valence-electron chi connectivity index (χ4n) is 3.36. The van der Waals surface area contributed by atoms with Crippen LogP contribution in [0.5, 0.6) is 0 Å². The quantitative estimate of drug-likeness (QED) is 0.847. The van der Waals surface area contributed by atoms with E-state index >= 15 is 0 Å². The topological polar surface area (TPSA) is 84.6 Å². The molecule has 152 valence electrons. The number of amides is 2. The Morgan fingerprint density at radius 3 is 2.32 bits per heavy atom. The number of alkyl halides is 3. The van der Waals surface area contributed by atoms with Crippen LogP contribution in [0.4, 0.5) is 13.2 Å². The van der Waals surface area contributed by atoms with Gasteiger partial charge in [-0.1, -0.05) is 6.92 Å². The average Bonchev–Trinajstić information content (AvgIpc) is 2.65. The normalized spacial score (nSPS) is 22.1. The van der Waals surface area contributed by atoms with Crippen LogP contribution in [-0.4, -0.2) is 64.7 Å². The molecule has 0 aliphatic carbocycles. The zero-order chi connectivity index (χ0) is 21.3. The zero-order valence-electron chi connectivity index (χ0n) is 15.8. The lowest BCUT2D eigenvalue weighted by molar-refractivity contribution is -0.251. The van der Waals surface area contributed by atoms with E-state index in [0.29, 0.717) is 24.5 Å². The van der Waals surface area contributed by atoms with Crippen LogP contribution in [0, 0.1) is 17.2 Å². The van der Waals surface area contributed by atoms with Crippen LogP contribution in [0.3, 0.4) is 0 Å². The van der Waals surface area contributed by atoms with Crippen molar-refractivity contribution in [2.24, 2.45) is 5.92 Å². The highest BCUT2D eigenvalue weighted by molar-refractivity contribution is 5.94.